The van der Waals surface area contributed by atoms with Crippen LogP contribution >= 0.6 is 15.9 Å². The summed E-state index contributed by atoms with van der Waals surface area (Å²) in [6.07, 6.45) is 6.68. The van der Waals surface area contributed by atoms with Crippen molar-refractivity contribution in [3.05, 3.63) is 12.4 Å². The summed E-state index contributed by atoms with van der Waals surface area (Å²) >= 11 is 3.51. The van der Waals surface area contributed by atoms with Crippen LogP contribution in [0.3, 0.4) is 0 Å². The molecule has 0 aliphatic carbocycles. The molecule has 1 fully saturated rings. The van der Waals surface area contributed by atoms with Crippen molar-refractivity contribution in [3.8, 4) is 5.88 Å². The molecule has 0 aromatic carbocycles. The second-order valence-corrected chi connectivity index (χ2v) is 5.99. The summed E-state index contributed by atoms with van der Waals surface area (Å²) in [5, 5.41) is 1.07. The van der Waals surface area contributed by atoms with E-state index in [1.165, 1.54) is 25.7 Å². The van der Waals surface area contributed by atoms with Crippen LogP contribution in [0.4, 0.5) is 5.82 Å². The fourth-order valence-corrected chi connectivity index (χ4v) is 2.87. The lowest BCUT2D eigenvalue weighted by Crippen LogP contribution is -2.30. The predicted octanol–water partition coefficient (Wildman–Crippen LogP) is 3.41. The van der Waals surface area contributed by atoms with Gasteiger partial charge < -0.3 is 9.64 Å². The lowest BCUT2D eigenvalue weighted by molar-refractivity contribution is 0.232. The highest BCUT2D eigenvalue weighted by Gasteiger charge is 2.25. The number of nitrogens with zero attached hydrogens (tertiary/aromatic N) is 3. The molecule has 2 heterocycles. The molecule has 1 aliphatic rings. The number of hydrogen-bond acceptors (Lipinski definition) is 4. The summed E-state index contributed by atoms with van der Waals surface area (Å²) in [4.78, 5) is 11.0. The summed E-state index contributed by atoms with van der Waals surface area (Å²) in [6.45, 7) is 5.11. The Morgan fingerprint density at radius 2 is 2.32 bits per heavy atom. The molecule has 106 valence electrons. The lowest BCUT2D eigenvalue weighted by atomic mass is 10.1. The van der Waals surface area contributed by atoms with Gasteiger partial charge in [-0.1, -0.05) is 15.9 Å². The number of ether oxygens (including phenoxy) is 1. The first-order valence-electron chi connectivity index (χ1n) is 7.02. The third-order valence-corrected chi connectivity index (χ3v) is 3.89. The Morgan fingerprint density at radius 3 is 3.05 bits per heavy atom. The molecule has 1 aromatic rings. The summed E-state index contributed by atoms with van der Waals surface area (Å²) < 4.78 is 5.65. The number of hydrogen-bond donors (Lipinski definition) is 0. The second-order valence-electron chi connectivity index (χ2n) is 5.20. The topological polar surface area (TPSA) is 38.2 Å². The highest BCUT2D eigenvalue weighted by Crippen LogP contribution is 2.28. The summed E-state index contributed by atoms with van der Waals surface area (Å²) in [5.41, 5.74) is 0. The molecule has 5 heteroatoms. The maximum atomic E-state index is 5.65. The number of halogens is 1. The van der Waals surface area contributed by atoms with Gasteiger partial charge in [0.05, 0.1) is 6.10 Å². The van der Waals surface area contributed by atoms with Gasteiger partial charge in [-0.25, -0.2) is 9.97 Å². The molecule has 0 N–H and O–H groups in total. The minimum absolute atomic E-state index is 0.144. The third kappa shape index (κ3) is 4.06. The smallest absolute Gasteiger partial charge is 0.218 e. The van der Waals surface area contributed by atoms with E-state index in [0.29, 0.717) is 11.9 Å². The van der Waals surface area contributed by atoms with Crippen LogP contribution in [0.1, 0.15) is 39.5 Å². The maximum Gasteiger partial charge on any atom is 0.218 e. The van der Waals surface area contributed by atoms with Crippen LogP contribution in [0.15, 0.2) is 12.4 Å². The van der Waals surface area contributed by atoms with E-state index in [2.05, 4.69) is 30.8 Å². The van der Waals surface area contributed by atoms with Crippen LogP contribution in [0.25, 0.3) is 0 Å². The van der Waals surface area contributed by atoms with Crippen LogP contribution in [0.2, 0.25) is 0 Å². The molecule has 0 amide bonds. The van der Waals surface area contributed by atoms with E-state index in [1.54, 1.807) is 6.33 Å². The van der Waals surface area contributed by atoms with Gasteiger partial charge >= 0.3 is 0 Å². The van der Waals surface area contributed by atoms with Crippen LogP contribution < -0.4 is 9.64 Å². The number of alkyl halides is 1. The van der Waals surface area contributed by atoms with E-state index in [4.69, 9.17) is 4.74 Å². The average Bonchev–Trinajstić information content (AvgIpc) is 2.84. The first-order valence-corrected chi connectivity index (χ1v) is 8.14. The summed E-state index contributed by atoms with van der Waals surface area (Å²) in [7, 11) is 0. The largest absolute Gasteiger partial charge is 0.475 e. The van der Waals surface area contributed by atoms with Crippen molar-refractivity contribution in [3.63, 3.8) is 0 Å². The maximum absolute atomic E-state index is 5.65. The van der Waals surface area contributed by atoms with Gasteiger partial charge in [-0.05, 0) is 39.5 Å². The van der Waals surface area contributed by atoms with Crippen molar-refractivity contribution in [1.82, 2.24) is 9.97 Å². The van der Waals surface area contributed by atoms with E-state index in [-0.39, 0.29) is 6.10 Å². The van der Waals surface area contributed by atoms with Gasteiger partial charge in [-0.3, -0.25) is 0 Å². The van der Waals surface area contributed by atoms with Crippen LogP contribution in [-0.4, -0.2) is 34.0 Å². The van der Waals surface area contributed by atoms with Crippen molar-refractivity contribution in [2.45, 2.75) is 51.7 Å². The minimum atomic E-state index is 0.144. The van der Waals surface area contributed by atoms with Gasteiger partial charge in [-0.2, -0.15) is 0 Å². The fourth-order valence-electron chi connectivity index (χ4n) is 2.54. The highest BCUT2D eigenvalue weighted by atomic mass is 79.9. The fraction of sp³-hybridized carbons (Fsp3) is 0.714. The van der Waals surface area contributed by atoms with Gasteiger partial charge in [0.2, 0.25) is 5.88 Å². The molecular formula is C14H22BrN3O. The molecule has 4 nitrogen and oxygen atoms in total. The van der Waals surface area contributed by atoms with E-state index >= 15 is 0 Å². The lowest BCUT2D eigenvalue weighted by Gasteiger charge is -2.25. The first kappa shape index (κ1) is 14.6. The molecule has 2 rings (SSSR count). The molecule has 1 saturated heterocycles. The van der Waals surface area contributed by atoms with Crippen molar-refractivity contribution in [2.75, 3.05) is 16.8 Å². The zero-order valence-electron chi connectivity index (χ0n) is 11.7. The van der Waals surface area contributed by atoms with Gasteiger partial charge in [0.25, 0.3) is 0 Å². The predicted molar refractivity (Wildman–Crippen MR) is 81.2 cm³/mol. The molecule has 1 atom stereocenters. The summed E-state index contributed by atoms with van der Waals surface area (Å²) in [6, 6.07) is 2.58. The van der Waals surface area contributed by atoms with E-state index in [0.717, 1.165) is 17.7 Å². The second kappa shape index (κ2) is 7.08. The standard InChI is InChI=1S/C14H22BrN3O/c1-11(2)19-14-9-13(16-10-17-14)18-8-4-6-12(18)5-3-7-15/h9-12H,3-8H2,1-2H3. The summed E-state index contributed by atoms with van der Waals surface area (Å²) in [5.74, 6) is 1.67. The van der Waals surface area contributed by atoms with Gasteiger partial charge in [0, 0.05) is 24.0 Å². The Kier molecular flexibility index (Phi) is 5.43. The van der Waals surface area contributed by atoms with Crippen LogP contribution in [0.5, 0.6) is 5.88 Å². The molecule has 19 heavy (non-hydrogen) atoms. The number of aromatic nitrogens is 2. The van der Waals surface area contributed by atoms with Crippen molar-refractivity contribution in [1.29, 1.82) is 0 Å². The van der Waals surface area contributed by atoms with Crippen molar-refractivity contribution >= 4 is 21.7 Å². The zero-order valence-corrected chi connectivity index (χ0v) is 13.3. The van der Waals surface area contributed by atoms with E-state index < -0.39 is 0 Å². The number of anilines is 1. The van der Waals surface area contributed by atoms with Gasteiger partial charge in [0.15, 0.2) is 0 Å². The Hall–Kier alpha value is -0.840. The monoisotopic (exact) mass is 327 g/mol. The Bertz CT molecular complexity index is 400. The minimum Gasteiger partial charge on any atom is -0.475 e. The quantitative estimate of drug-likeness (QED) is 0.750. The molecular weight excluding hydrogens is 306 g/mol. The van der Waals surface area contributed by atoms with E-state index in [1.807, 2.05) is 19.9 Å². The van der Waals surface area contributed by atoms with Crippen molar-refractivity contribution in [2.24, 2.45) is 0 Å². The van der Waals surface area contributed by atoms with Gasteiger partial charge in [-0.15, -0.1) is 0 Å². The Balaban J connectivity index is 2.07. The van der Waals surface area contributed by atoms with Crippen molar-refractivity contribution < 1.29 is 4.74 Å². The molecule has 1 aromatic heterocycles. The molecule has 0 radical (unpaired) electrons. The molecule has 0 spiro atoms. The average molecular weight is 328 g/mol. The molecule has 0 bridgehead atoms. The van der Waals surface area contributed by atoms with E-state index in [9.17, 15) is 0 Å². The Labute approximate surface area is 123 Å². The number of rotatable bonds is 6. The van der Waals surface area contributed by atoms with Crippen LogP contribution in [-0.2, 0) is 0 Å². The first-order chi connectivity index (χ1) is 9.20. The highest BCUT2D eigenvalue weighted by molar-refractivity contribution is 9.09. The molecule has 1 aliphatic heterocycles. The zero-order chi connectivity index (χ0) is 13.7. The third-order valence-electron chi connectivity index (χ3n) is 3.33. The molecule has 1 unspecified atom stereocenters. The SMILES string of the molecule is CC(C)Oc1cc(N2CCCC2CCCBr)ncn1. The Morgan fingerprint density at radius 1 is 1.47 bits per heavy atom. The van der Waals surface area contributed by atoms with Gasteiger partial charge in [0.1, 0.15) is 12.1 Å². The normalized spacial score (nSPS) is 19.2. The molecule has 0 saturated carbocycles. The van der Waals surface area contributed by atoms with Crippen LogP contribution in [0, 0.1) is 0 Å².